The van der Waals surface area contributed by atoms with Gasteiger partial charge in [0.2, 0.25) is 0 Å². The Labute approximate surface area is 171 Å². The maximum Gasteiger partial charge on any atom is 0.0365 e. The van der Waals surface area contributed by atoms with Crippen LogP contribution in [0.25, 0.3) is 41.8 Å². The third-order valence-electron chi connectivity index (χ3n) is 4.41. The molecule has 0 spiro atoms. The molecule has 28 heavy (non-hydrogen) atoms. The fourth-order valence-electron chi connectivity index (χ4n) is 3.02. The number of pyridine rings is 3. The lowest BCUT2D eigenvalue weighted by Crippen LogP contribution is -1.79. The third-order valence-corrected chi connectivity index (χ3v) is 6.78. The Bertz CT molecular complexity index is 1120. The molecule has 0 N–H and O–H groups in total. The van der Waals surface area contributed by atoms with Gasteiger partial charge in [0.05, 0.1) is 0 Å². The highest BCUT2D eigenvalue weighted by molar-refractivity contribution is 7.19. The molecule has 0 radical (unpaired) electrons. The highest BCUT2D eigenvalue weighted by atomic mass is 32.1. The third kappa shape index (κ3) is 3.38. The van der Waals surface area contributed by atoms with Crippen LogP contribution in [0.1, 0.15) is 0 Å². The molecule has 0 unspecified atom stereocenters. The molecule has 0 saturated carbocycles. The summed E-state index contributed by atoms with van der Waals surface area (Å²) in [5.74, 6) is 0. The van der Waals surface area contributed by atoms with Crippen molar-refractivity contribution in [3.05, 3.63) is 91.8 Å². The van der Waals surface area contributed by atoms with E-state index in [-0.39, 0.29) is 0 Å². The summed E-state index contributed by atoms with van der Waals surface area (Å²) in [4.78, 5) is 17.8. The molecular formula is C23H15N3S2. The molecule has 0 aliphatic heterocycles. The predicted octanol–water partition coefficient (Wildman–Crippen LogP) is 6.66. The van der Waals surface area contributed by atoms with Crippen LogP contribution in [0.2, 0.25) is 0 Å². The summed E-state index contributed by atoms with van der Waals surface area (Å²) in [6, 6.07) is 18.9. The Kier molecular flexibility index (Phi) is 4.53. The van der Waals surface area contributed by atoms with Crippen LogP contribution in [-0.2, 0) is 0 Å². The summed E-state index contributed by atoms with van der Waals surface area (Å²) in [6.45, 7) is 0. The Morgan fingerprint density at radius 3 is 1.32 bits per heavy atom. The van der Waals surface area contributed by atoms with Crippen molar-refractivity contribution < 1.29 is 0 Å². The number of nitrogens with zero attached hydrogens (tertiary/aromatic N) is 3. The van der Waals surface area contributed by atoms with Gasteiger partial charge in [-0.05, 0) is 42.5 Å². The first-order valence-electron chi connectivity index (χ1n) is 8.83. The molecule has 0 aromatic carbocycles. The molecule has 134 valence electrons. The lowest BCUT2D eigenvalue weighted by molar-refractivity contribution is 1.33. The first-order valence-corrected chi connectivity index (χ1v) is 10.5. The summed E-state index contributed by atoms with van der Waals surface area (Å²) in [7, 11) is 0. The minimum atomic E-state index is 1.13. The van der Waals surface area contributed by atoms with E-state index in [1.165, 1.54) is 19.5 Å². The van der Waals surface area contributed by atoms with Crippen molar-refractivity contribution in [3.8, 4) is 41.8 Å². The fraction of sp³-hybridized carbons (Fsp3) is 0. The first-order chi connectivity index (χ1) is 13.9. The van der Waals surface area contributed by atoms with Gasteiger partial charge < -0.3 is 0 Å². The van der Waals surface area contributed by atoms with Gasteiger partial charge in [0.15, 0.2) is 0 Å². The average molecular weight is 398 g/mol. The zero-order valence-electron chi connectivity index (χ0n) is 14.8. The lowest BCUT2D eigenvalue weighted by Gasteiger charge is -2.01. The number of hydrogen-bond acceptors (Lipinski definition) is 5. The van der Waals surface area contributed by atoms with Gasteiger partial charge in [0.25, 0.3) is 0 Å². The Morgan fingerprint density at radius 1 is 0.464 bits per heavy atom. The fourth-order valence-corrected chi connectivity index (χ4v) is 4.98. The normalized spacial score (nSPS) is 10.9. The molecule has 0 atom stereocenters. The highest BCUT2D eigenvalue weighted by Gasteiger charge is 2.09. The van der Waals surface area contributed by atoms with E-state index in [0.29, 0.717) is 0 Å². The van der Waals surface area contributed by atoms with Crippen LogP contribution in [0.3, 0.4) is 0 Å². The topological polar surface area (TPSA) is 38.7 Å². The molecule has 5 aromatic rings. The van der Waals surface area contributed by atoms with Crippen LogP contribution in [0.15, 0.2) is 91.8 Å². The molecule has 5 aromatic heterocycles. The maximum absolute atomic E-state index is 4.49. The summed E-state index contributed by atoms with van der Waals surface area (Å²) in [6.07, 6.45) is 11.3. The van der Waals surface area contributed by atoms with Crippen molar-refractivity contribution in [1.82, 2.24) is 15.0 Å². The van der Waals surface area contributed by atoms with Crippen LogP contribution in [0.5, 0.6) is 0 Å². The number of thiophene rings is 2. The molecule has 0 saturated heterocycles. The van der Waals surface area contributed by atoms with E-state index in [0.717, 1.165) is 22.3 Å². The van der Waals surface area contributed by atoms with E-state index in [4.69, 9.17) is 0 Å². The number of aromatic nitrogens is 3. The summed E-state index contributed by atoms with van der Waals surface area (Å²) >= 11 is 3.52. The van der Waals surface area contributed by atoms with Crippen molar-refractivity contribution in [2.45, 2.75) is 0 Å². The lowest BCUT2D eigenvalue weighted by atomic mass is 10.1. The quantitative estimate of drug-likeness (QED) is 0.340. The van der Waals surface area contributed by atoms with Gasteiger partial charge in [0.1, 0.15) is 0 Å². The maximum atomic E-state index is 4.49. The first kappa shape index (κ1) is 17.0. The second-order valence-corrected chi connectivity index (χ2v) is 8.44. The smallest absolute Gasteiger partial charge is 0.0365 e. The average Bonchev–Trinajstić information content (AvgIpc) is 3.46. The Balaban J connectivity index is 1.46. The van der Waals surface area contributed by atoms with Crippen LogP contribution in [0, 0.1) is 0 Å². The van der Waals surface area contributed by atoms with E-state index < -0.39 is 0 Å². The van der Waals surface area contributed by atoms with E-state index >= 15 is 0 Å². The van der Waals surface area contributed by atoms with Crippen molar-refractivity contribution in [2.24, 2.45) is 0 Å². The van der Waals surface area contributed by atoms with E-state index in [2.05, 4.69) is 57.4 Å². The van der Waals surface area contributed by atoms with Crippen molar-refractivity contribution in [1.29, 1.82) is 0 Å². The summed E-state index contributed by atoms with van der Waals surface area (Å²) < 4.78 is 0. The molecule has 0 aliphatic rings. The summed E-state index contributed by atoms with van der Waals surface area (Å²) in [5, 5.41) is 0. The molecule has 3 nitrogen and oxygen atoms in total. The van der Waals surface area contributed by atoms with Crippen LogP contribution in [0.4, 0.5) is 0 Å². The van der Waals surface area contributed by atoms with E-state index in [1.807, 2.05) is 36.9 Å². The van der Waals surface area contributed by atoms with Gasteiger partial charge in [-0.1, -0.05) is 12.1 Å². The second-order valence-electron chi connectivity index (χ2n) is 6.27. The van der Waals surface area contributed by atoms with Gasteiger partial charge in [-0.2, -0.15) is 0 Å². The molecule has 0 amide bonds. The number of rotatable bonds is 4. The van der Waals surface area contributed by atoms with Crippen molar-refractivity contribution in [2.75, 3.05) is 0 Å². The van der Waals surface area contributed by atoms with Crippen molar-refractivity contribution >= 4 is 22.7 Å². The SMILES string of the molecule is c1cncc(-c2ccc(-c3cncc(-c4ccc(-c5cccnc5)s4)c3)s2)c1. The number of hydrogen-bond donors (Lipinski definition) is 0. The predicted molar refractivity (Wildman–Crippen MR) is 117 cm³/mol. The Hall–Kier alpha value is -3.15. The zero-order valence-corrected chi connectivity index (χ0v) is 16.5. The molecule has 5 rings (SSSR count). The molecule has 5 heterocycles. The molecule has 5 heteroatoms. The highest BCUT2D eigenvalue weighted by Crippen LogP contribution is 2.38. The molecule has 0 aliphatic carbocycles. The molecule has 0 bridgehead atoms. The van der Waals surface area contributed by atoms with Gasteiger partial charge in [-0.15, -0.1) is 22.7 Å². The van der Waals surface area contributed by atoms with E-state index in [9.17, 15) is 0 Å². The zero-order chi connectivity index (χ0) is 18.8. The molecule has 0 fully saturated rings. The van der Waals surface area contributed by atoms with Crippen molar-refractivity contribution in [3.63, 3.8) is 0 Å². The van der Waals surface area contributed by atoms with Gasteiger partial charge >= 0.3 is 0 Å². The standard InChI is InChI=1S/C23H15N3S2/c1-3-16(12-24-9-1)20-5-7-22(27-20)18-11-19(15-26-14-18)23-8-6-21(28-23)17-4-2-10-25-13-17/h1-15H. The minimum Gasteiger partial charge on any atom is -0.264 e. The molecular weight excluding hydrogens is 382 g/mol. The van der Waals surface area contributed by atoms with Crippen LogP contribution in [-0.4, -0.2) is 15.0 Å². The van der Waals surface area contributed by atoms with Crippen LogP contribution < -0.4 is 0 Å². The van der Waals surface area contributed by atoms with Gasteiger partial charge in [0, 0.05) is 78.9 Å². The minimum absolute atomic E-state index is 1.13. The van der Waals surface area contributed by atoms with Gasteiger partial charge in [-0.25, -0.2) is 0 Å². The Morgan fingerprint density at radius 2 is 0.893 bits per heavy atom. The monoisotopic (exact) mass is 397 g/mol. The second kappa shape index (κ2) is 7.46. The van der Waals surface area contributed by atoms with Gasteiger partial charge in [-0.3, -0.25) is 15.0 Å². The largest absolute Gasteiger partial charge is 0.264 e. The summed E-state index contributed by atoms with van der Waals surface area (Å²) in [5.41, 5.74) is 4.55. The van der Waals surface area contributed by atoms with E-state index in [1.54, 1.807) is 35.1 Å². The van der Waals surface area contributed by atoms with Crippen LogP contribution >= 0.6 is 22.7 Å².